The van der Waals surface area contributed by atoms with Crippen molar-refractivity contribution < 1.29 is 4.57 Å². The molecule has 0 radical (unpaired) electrons. The lowest BCUT2D eigenvalue weighted by Gasteiger charge is -2.14. The first-order valence-electron chi connectivity index (χ1n) is 7.69. The molecule has 0 bridgehead atoms. The summed E-state index contributed by atoms with van der Waals surface area (Å²) in [5.41, 5.74) is 9.81. The van der Waals surface area contributed by atoms with Gasteiger partial charge in [0, 0.05) is 5.11 Å². The fourth-order valence-electron chi connectivity index (χ4n) is 2.87. The first-order chi connectivity index (χ1) is 10.2. The van der Waals surface area contributed by atoms with E-state index in [-0.39, 0.29) is 0 Å². The van der Waals surface area contributed by atoms with Crippen molar-refractivity contribution in [1.29, 1.82) is 0 Å². The molecule has 0 atom stereocenters. The minimum Gasteiger partial charge on any atom is -0.231 e. The third-order valence-corrected chi connectivity index (χ3v) is 5.33. The van der Waals surface area contributed by atoms with Gasteiger partial charge >= 0.3 is 5.95 Å². The molecule has 0 amide bonds. The van der Waals surface area contributed by atoms with Crippen LogP contribution in [0.1, 0.15) is 39.2 Å². The smallest absolute Gasteiger partial charge is 0.231 e. The number of rotatable bonds is 2. The van der Waals surface area contributed by atoms with Crippen LogP contribution in [0.4, 0.5) is 11.6 Å². The van der Waals surface area contributed by atoms with E-state index >= 15 is 0 Å². The normalized spacial score (nSPS) is 11.7. The van der Waals surface area contributed by atoms with Gasteiger partial charge in [0.05, 0.1) is 14.1 Å². The van der Waals surface area contributed by atoms with Crippen LogP contribution in [0, 0.1) is 48.5 Å². The van der Waals surface area contributed by atoms with E-state index in [2.05, 4.69) is 67.8 Å². The third-order valence-electron chi connectivity index (χ3n) is 5.33. The maximum absolute atomic E-state index is 4.60. The van der Waals surface area contributed by atoms with E-state index in [0.29, 0.717) is 0 Å². The second kappa shape index (κ2) is 5.67. The highest BCUT2D eigenvalue weighted by Gasteiger charge is 2.20. The minimum atomic E-state index is 0.865. The second-order valence-electron chi connectivity index (χ2n) is 6.26. The number of imidazole rings is 1. The third kappa shape index (κ3) is 2.36. The van der Waals surface area contributed by atoms with Gasteiger partial charge in [-0.15, -0.1) is 0 Å². The average molecular weight is 299 g/mol. The van der Waals surface area contributed by atoms with Crippen LogP contribution >= 0.6 is 0 Å². The van der Waals surface area contributed by atoms with Crippen LogP contribution in [0.25, 0.3) is 0 Å². The zero-order chi connectivity index (χ0) is 16.8. The van der Waals surface area contributed by atoms with Gasteiger partial charge in [-0.2, -0.15) is 0 Å². The molecule has 118 valence electrons. The molecule has 0 aliphatic rings. The molecule has 0 spiro atoms. The van der Waals surface area contributed by atoms with Crippen molar-refractivity contribution in [2.75, 3.05) is 0 Å². The molecule has 4 nitrogen and oxygen atoms in total. The zero-order valence-corrected chi connectivity index (χ0v) is 15.3. The van der Waals surface area contributed by atoms with Gasteiger partial charge in [0.25, 0.3) is 0 Å². The molecule has 0 aliphatic carbocycles. The molecule has 22 heavy (non-hydrogen) atoms. The Balaban J connectivity index is 2.60. The lowest BCUT2D eigenvalue weighted by atomic mass is 9.93. The van der Waals surface area contributed by atoms with Crippen LogP contribution in [0.2, 0.25) is 0 Å². The fourth-order valence-corrected chi connectivity index (χ4v) is 2.87. The van der Waals surface area contributed by atoms with E-state index < -0.39 is 0 Å². The molecule has 0 saturated heterocycles. The number of azo groups is 1. The SMILES string of the molecule is Cc1c(C)c(C)c(N=Nc2n(C)c(C)c(C)[n+]2C)c(C)c1C. The van der Waals surface area contributed by atoms with Crippen LogP contribution < -0.4 is 4.57 Å². The van der Waals surface area contributed by atoms with E-state index in [0.717, 1.165) is 11.6 Å². The van der Waals surface area contributed by atoms with E-state index in [1.165, 1.54) is 39.2 Å². The van der Waals surface area contributed by atoms with Gasteiger partial charge in [0.2, 0.25) is 0 Å². The van der Waals surface area contributed by atoms with Crippen molar-refractivity contribution in [2.45, 2.75) is 48.5 Å². The first kappa shape index (κ1) is 16.4. The quantitative estimate of drug-likeness (QED) is 0.581. The maximum atomic E-state index is 4.60. The van der Waals surface area contributed by atoms with Crippen LogP contribution in [0.5, 0.6) is 0 Å². The standard InChI is InChI=1S/C18H27N4/c1-10-11(2)13(4)17(14(5)12(10)3)19-20-18-21(8)15(6)16(7)22(18)9/h1-9H3/q+1. The summed E-state index contributed by atoms with van der Waals surface area (Å²) in [4.78, 5) is 0. The van der Waals surface area contributed by atoms with Crippen molar-refractivity contribution in [3.05, 3.63) is 39.2 Å². The number of aromatic nitrogens is 2. The molecule has 1 aromatic heterocycles. The Labute approximate surface area is 133 Å². The summed E-state index contributed by atoms with van der Waals surface area (Å²) in [5, 5.41) is 9.14. The van der Waals surface area contributed by atoms with E-state index in [4.69, 9.17) is 0 Å². The van der Waals surface area contributed by atoms with Gasteiger partial charge < -0.3 is 0 Å². The molecule has 0 saturated carbocycles. The van der Waals surface area contributed by atoms with Crippen molar-refractivity contribution in [1.82, 2.24) is 4.57 Å². The zero-order valence-electron chi connectivity index (χ0n) is 15.3. The summed E-state index contributed by atoms with van der Waals surface area (Å²) in [5.74, 6) is 0.865. The molecule has 2 aromatic rings. The van der Waals surface area contributed by atoms with Gasteiger partial charge in [-0.05, 0) is 76.3 Å². The Hall–Kier alpha value is -1.97. The summed E-state index contributed by atoms with van der Waals surface area (Å²) in [7, 11) is 4.06. The minimum absolute atomic E-state index is 0.865. The Bertz CT molecular complexity index is 725. The van der Waals surface area contributed by atoms with Gasteiger partial charge in [-0.1, -0.05) is 5.11 Å². The lowest BCUT2D eigenvalue weighted by Crippen LogP contribution is -2.29. The van der Waals surface area contributed by atoms with Crippen molar-refractivity contribution in [3.63, 3.8) is 0 Å². The Morgan fingerprint density at radius 3 is 1.59 bits per heavy atom. The number of hydrogen-bond acceptors (Lipinski definition) is 2. The van der Waals surface area contributed by atoms with E-state index in [1.807, 2.05) is 14.1 Å². The molecule has 4 heteroatoms. The summed E-state index contributed by atoms with van der Waals surface area (Å²) in [6.07, 6.45) is 0. The lowest BCUT2D eigenvalue weighted by molar-refractivity contribution is -0.664. The van der Waals surface area contributed by atoms with Crippen LogP contribution in [-0.2, 0) is 14.1 Å². The molecule has 1 heterocycles. The molecule has 2 rings (SSSR count). The Morgan fingerprint density at radius 2 is 1.18 bits per heavy atom. The predicted octanol–water partition coefficient (Wildman–Crippen LogP) is 4.42. The van der Waals surface area contributed by atoms with Gasteiger partial charge in [0.15, 0.2) is 0 Å². The molecule has 0 fully saturated rings. The summed E-state index contributed by atoms with van der Waals surface area (Å²) in [6, 6.07) is 0. The molecule has 0 N–H and O–H groups in total. The highest BCUT2D eigenvalue weighted by molar-refractivity contribution is 5.61. The van der Waals surface area contributed by atoms with Crippen LogP contribution in [-0.4, -0.2) is 4.57 Å². The fraction of sp³-hybridized carbons (Fsp3) is 0.500. The molecule has 0 aliphatic heterocycles. The number of hydrogen-bond donors (Lipinski definition) is 0. The van der Waals surface area contributed by atoms with Gasteiger partial charge in [-0.3, -0.25) is 0 Å². The van der Waals surface area contributed by atoms with Gasteiger partial charge in [0.1, 0.15) is 17.1 Å². The second-order valence-corrected chi connectivity index (χ2v) is 6.26. The number of nitrogens with zero attached hydrogens (tertiary/aromatic N) is 4. The van der Waals surface area contributed by atoms with Crippen LogP contribution in [0.3, 0.4) is 0 Å². The van der Waals surface area contributed by atoms with Crippen molar-refractivity contribution in [3.8, 4) is 0 Å². The van der Waals surface area contributed by atoms with Crippen LogP contribution in [0.15, 0.2) is 10.2 Å². The summed E-state index contributed by atoms with van der Waals surface area (Å²) < 4.78 is 4.16. The Morgan fingerprint density at radius 1 is 0.727 bits per heavy atom. The van der Waals surface area contributed by atoms with E-state index in [1.54, 1.807) is 0 Å². The maximum Gasteiger partial charge on any atom is 0.421 e. The van der Waals surface area contributed by atoms with Gasteiger partial charge in [-0.25, -0.2) is 9.13 Å². The number of benzene rings is 1. The monoisotopic (exact) mass is 299 g/mol. The topological polar surface area (TPSA) is 33.5 Å². The largest absolute Gasteiger partial charge is 0.421 e. The highest BCUT2D eigenvalue weighted by atomic mass is 15.3. The summed E-state index contributed by atoms with van der Waals surface area (Å²) >= 11 is 0. The molecule has 0 unspecified atom stereocenters. The van der Waals surface area contributed by atoms with Crippen molar-refractivity contribution in [2.24, 2.45) is 24.3 Å². The molecule has 1 aromatic carbocycles. The molecular formula is C18H27N4+. The first-order valence-corrected chi connectivity index (χ1v) is 7.69. The van der Waals surface area contributed by atoms with Crippen molar-refractivity contribution >= 4 is 11.6 Å². The Kier molecular flexibility index (Phi) is 4.23. The summed E-state index contributed by atoms with van der Waals surface area (Å²) in [6.45, 7) is 15.0. The van der Waals surface area contributed by atoms with E-state index in [9.17, 15) is 0 Å². The molecular weight excluding hydrogens is 272 g/mol. The average Bonchev–Trinajstić information content (AvgIpc) is 2.68. The highest BCUT2D eigenvalue weighted by Crippen LogP contribution is 2.33. The predicted molar refractivity (Wildman–Crippen MR) is 90.4 cm³/mol.